The maximum absolute atomic E-state index is 13.1. The van der Waals surface area contributed by atoms with Gasteiger partial charge in [0, 0.05) is 18.2 Å². The van der Waals surface area contributed by atoms with E-state index < -0.39 is 0 Å². The van der Waals surface area contributed by atoms with Crippen LogP contribution in [0.15, 0.2) is 18.2 Å². The third-order valence-electron chi connectivity index (χ3n) is 3.65. The van der Waals surface area contributed by atoms with Gasteiger partial charge in [-0.1, -0.05) is 0 Å². The zero-order chi connectivity index (χ0) is 11.8. The number of halogens is 2. The van der Waals surface area contributed by atoms with E-state index in [0.29, 0.717) is 18.2 Å². The monoisotopic (exact) mass is 270 g/mol. The molecule has 0 aromatic heterocycles. The smallest absolute Gasteiger partial charge is 0.254 e. The molecule has 5 heteroatoms. The summed E-state index contributed by atoms with van der Waals surface area (Å²) in [7, 11) is 0. The molecule has 1 saturated heterocycles. The van der Waals surface area contributed by atoms with E-state index in [-0.39, 0.29) is 24.1 Å². The molecule has 18 heavy (non-hydrogen) atoms. The lowest BCUT2D eigenvalue weighted by atomic mass is 10.1. The number of hydrogen-bond acceptors (Lipinski definition) is 2. The van der Waals surface area contributed by atoms with Crippen molar-refractivity contribution in [3.8, 4) is 0 Å². The van der Waals surface area contributed by atoms with Crippen LogP contribution in [0, 0.1) is 5.82 Å². The summed E-state index contributed by atoms with van der Waals surface area (Å²) in [4.78, 5) is 14.1. The zero-order valence-electron chi connectivity index (χ0n) is 9.99. The molecule has 3 nitrogen and oxygen atoms in total. The summed E-state index contributed by atoms with van der Waals surface area (Å²) in [5.41, 5.74) is 1.50. The maximum Gasteiger partial charge on any atom is 0.254 e. The van der Waals surface area contributed by atoms with Gasteiger partial charge in [0.05, 0.1) is 0 Å². The van der Waals surface area contributed by atoms with Gasteiger partial charge in [-0.3, -0.25) is 4.79 Å². The highest BCUT2D eigenvalue weighted by Gasteiger charge is 2.33. The maximum atomic E-state index is 13.1. The van der Waals surface area contributed by atoms with E-state index in [0.717, 1.165) is 31.5 Å². The molecular formula is C13H16ClFN2O. The quantitative estimate of drug-likeness (QED) is 0.846. The van der Waals surface area contributed by atoms with Crippen LogP contribution in [0.25, 0.3) is 0 Å². The third-order valence-corrected chi connectivity index (χ3v) is 3.65. The van der Waals surface area contributed by atoms with Crippen molar-refractivity contribution in [1.82, 2.24) is 10.2 Å². The molecule has 0 radical (unpaired) electrons. The molecule has 3 rings (SSSR count). The number of benzene rings is 1. The molecule has 1 fully saturated rings. The molecule has 0 atom stereocenters. The Morgan fingerprint density at radius 1 is 1.28 bits per heavy atom. The first-order valence-electron chi connectivity index (χ1n) is 6.06. The normalized spacial score (nSPS) is 19.6. The number of piperidine rings is 1. The van der Waals surface area contributed by atoms with Gasteiger partial charge < -0.3 is 10.2 Å². The van der Waals surface area contributed by atoms with Gasteiger partial charge in [-0.15, -0.1) is 12.4 Å². The number of nitrogens with one attached hydrogen (secondary N) is 1. The van der Waals surface area contributed by atoms with Crippen molar-refractivity contribution >= 4 is 18.3 Å². The van der Waals surface area contributed by atoms with Gasteiger partial charge in [0.2, 0.25) is 0 Å². The van der Waals surface area contributed by atoms with Crippen LogP contribution in [0.5, 0.6) is 0 Å². The molecule has 0 unspecified atom stereocenters. The Labute approximate surface area is 112 Å². The standard InChI is InChI=1S/C13H15FN2O.ClH/c14-10-1-2-12-9(7-10)8-16(13(12)17)11-3-5-15-6-4-11;/h1-2,7,11,15H,3-6,8H2;1H. The molecule has 0 saturated carbocycles. The van der Waals surface area contributed by atoms with Gasteiger partial charge >= 0.3 is 0 Å². The van der Waals surface area contributed by atoms with Crippen molar-refractivity contribution in [2.24, 2.45) is 0 Å². The van der Waals surface area contributed by atoms with E-state index in [1.807, 2.05) is 4.90 Å². The first kappa shape index (κ1) is 13.3. The van der Waals surface area contributed by atoms with Gasteiger partial charge in [-0.2, -0.15) is 0 Å². The molecule has 98 valence electrons. The molecule has 2 aliphatic heterocycles. The molecule has 0 aliphatic carbocycles. The van der Waals surface area contributed by atoms with Crippen LogP contribution < -0.4 is 5.32 Å². The summed E-state index contributed by atoms with van der Waals surface area (Å²) in [6, 6.07) is 4.75. The second-order valence-corrected chi connectivity index (χ2v) is 4.72. The number of hydrogen-bond donors (Lipinski definition) is 1. The van der Waals surface area contributed by atoms with Gasteiger partial charge in [0.25, 0.3) is 5.91 Å². The van der Waals surface area contributed by atoms with E-state index in [1.54, 1.807) is 6.07 Å². The predicted molar refractivity (Wildman–Crippen MR) is 69.4 cm³/mol. The first-order chi connectivity index (χ1) is 8.25. The van der Waals surface area contributed by atoms with Crippen molar-refractivity contribution < 1.29 is 9.18 Å². The fraction of sp³-hybridized carbons (Fsp3) is 0.462. The first-order valence-corrected chi connectivity index (χ1v) is 6.06. The minimum Gasteiger partial charge on any atom is -0.331 e. The lowest BCUT2D eigenvalue weighted by Gasteiger charge is -2.31. The fourth-order valence-corrected chi connectivity index (χ4v) is 2.73. The van der Waals surface area contributed by atoms with E-state index in [9.17, 15) is 9.18 Å². The zero-order valence-corrected chi connectivity index (χ0v) is 10.8. The molecule has 0 bridgehead atoms. The van der Waals surface area contributed by atoms with Crippen LogP contribution in [0.3, 0.4) is 0 Å². The molecule has 0 spiro atoms. The number of carbonyl (C=O) groups excluding carboxylic acids is 1. The van der Waals surface area contributed by atoms with Crippen molar-refractivity contribution in [3.63, 3.8) is 0 Å². The summed E-state index contributed by atoms with van der Waals surface area (Å²) < 4.78 is 13.1. The summed E-state index contributed by atoms with van der Waals surface area (Å²) >= 11 is 0. The molecule has 2 heterocycles. The topological polar surface area (TPSA) is 32.3 Å². The minimum atomic E-state index is -0.260. The Bertz CT molecular complexity index is 460. The Hall–Kier alpha value is -1.13. The SMILES string of the molecule is Cl.O=C1c2ccc(F)cc2CN1C1CCNCC1. The van der Waals surface area contributed by atoms with E-state index in [4.69, 9.17) is 0 Å². The van der Waals surface area contributed by atoms with Crippen LogP contribution >= 0.6 is 12.4 Å². The molecule has 1 N–H and O–H groups in total. The Balaban J connectivity index is 0.00000120. The van der Waals surface area contributed by atoms with Crippen molar-refractivity contribution in [1.29, 1.82) is 0 Å². The van der Waals surface area contributed by atoms with Crippen LogP contribution in [0.4, 0.5) is 4.39 Å². The van der Waals surface area contributed by atoms with Gasteiger partial charge in [-0.25, -0.2) is 4.39 Å². The highest BCUT2D eigenvalue weighted by molar-refractivity contribution is 5.98. The molecular weight excluding hydrogens is 255 g/mol. The average Bonchev–Trinajstić information content (AvgIpc) is 2.67. The second-order valence-electron chi connectivity index (χ2n) is 4.72. The number of carbonyl (C=O) groups is 1. The van der Waals surface area contributed by atoms with Gasteiger partial charge in [0.15, 0.2) is 0 Å². The number of amides is 1. The Morgan fingerprint density at radius 2 is 2.00 bits per heavy atom. The van der Waals surface area contributed by atoms with Gasteiger partial charge in [-0.05, 0) is 49.7 Å². The summed E-state index contributed by atoms with van der Waals surface area (Å²) in [6.07, 6.45) is 1.98. The largest absolute Gasteiger partial charge is 0.331 e. The molecule has 1 aromatic carbocycles. The van der Waals surface area contributed by atoms with Gasteiger partial charge in [0.1, 0.15) is 5.82 Å². The van der Waals surface area contributed by atoms with Crippen molar-refractivity contribution in [2.75, 3.05) is 13.1 Å². The Morgan fingerprint density at radius 3 is 2.72 bits per heavy atom. The summed E-state index contributed by atoms with van der Waals surface area (Å²) in [6.45, 7) is 2.48. The predicted octanol–water partition coefficient (Wildman–Crippen LogP) is 1.96. The van der Waals surface area contributed by atoms with Crippen molar-refractivity contribution in [3.05, 3.63) is 35.1 Å². The highest BCUT2D eigenvalue weighted by Crippen LogP contribution is 2.27. The number of rotatable bonds is 1. The second kappa shape index (κ2) is 5.24. The van der Waals surface area contributed by atoms with E-state index >= 15 is 0 Å². The lowest BCUT2D eigenvalue weighted by Crippen LogP contribution is -2.43. The van der Waals surface area contributed by atoms with Crippen LogP contribution in [0.2, 0.25) is 0 Å². The molecule has 1 aromatic rings. The summed E-state index contributed by atoms with van der Waals surface area (Å²) in [5.74, 6) is -0.199. The van der Waals surface area contributed by atoms with Crippen molar-refractivity contribution in [2.45, 2.75) is 25.4 Å². The van der Waals surface area contributed by atoms with Crippen LogP contribution in [-0.2, 0) is 6.54 Å². The number of fused-ring (bicyclic) bond motifs is 1. The minimum absolute atomic E-state index is 0. The lowest BCUT2D eigenvalue weighted by molar-refractivity contribution is 0.0668. The highest BCUT2D eigenvalue weighted by atomic mass is 35.5. The van der Waals surface area contributed by atoms with Crippen LogP contribution in [-0.4, -0.2) is 29.9 Å². The fourth-order valence-electron chi connectivity index (χ4n) is 2.73. The van der Waals surface area contributed by atoms with Crippen LogP contribution in [0.1, 0.15) is 28.8 Å². The molecule has 1 amide bonds. The third kappa shape index (κ3) is 2.22. The Kier molecular flexibility index (Phi) is 3.88. The number of nitrogens with zero attached hydrogens (tertiary/aromatic N) is 1. The molecule has 2 aliphatic rings. The van der Waals surface area contributed by atoms with E-state index in [1.165, 1.54) is 12.1 Å². The summed E-state index contributed by atoms with van der Waals surface area (Å²) in [5, 5.41) is 3.29. The van der Waals surface area contributed by atoms with E-state index in [2.05, 4.69) is 5.32 Å². The average molecular weight is 271 g/mol.